The van der Waals surface area contributed by atoms with E-state index in [-0.39, 0.29) is 29.9 Å². The summed E-state index contributed by atoms with van der Waals surface area (Å²) in [6.45, 7) is 2.16. The molecule has 18 heavy (non-hydrogen) atoms. The molecule has 0 saturated carbocycles. The van der Waals surface area contributed by atoms with Gasteiger partial charge in [0.25, 0.3) is 0 Å². The number of carbonyl (C=O) groups excluding carboxylic acids is 2. The monoisotopic (exact) mass is 249 g/mol. The highest BCUT2D eigenvalue weighted by Crippen LogP contribution is 2.54. The zero-order chi connectivity index (χ0) is 12.8. The third-order valence-electron chi connectivity index (χ3n) is 4.56. The minimum Gasteiger partial charge on any atom is -0.365 e. The molecule has 0 aromatic carbocycles. The SMILES string of the molecule is CCCCCCC12C(=O)NC(=O)C1C1C=CC2O1. The number of unbranched alkanes of at least 4 members (excludes halogenated alkanes) is 3. The van der Waals surface area contributed by atoms with E-state index in [4.69, 9.17) is 4.74 Å². The molecule has 0 aliphatic carbocycles. The molecule has 0 aromatic heterocycles. The summed E-state index contributed by atoms with van der Waals surface area (Å²) >= 11 is 0. The number of rotatable bonds is 5. The highest BCUT2D eigenvalue weighted by atomic mass is 16.5. The first kappa shape index (κ1) is 11.9. The van der Waals surface area contributed by atoms with Crippen LogP contribution in [-0.2, 0) is 14.3 Å². The van der Waals surface area contributed by atoms with Crippen molar-refractivity contribution in [3.8, 4) is 0 Å². The van der Waals surface area contributed by atoms with Crippen molar-refractivity contribution in [2.45, 2.75) is 51.2 Å². The standard InChI is InChI=1S/C14H19NO3/c1-2-3-4-5-8-14-10-7-6-9(18-10)11(14)12(16)15-13(14)17/h6-7,9-11H,2-5,8H2,1H3,(H,15,16,17). The number of fused-ring (bicyclic) bond motifs is 5. The summed E-state index contributed by atoms with van der Waals surface area (Å²) in [5.74, 6) is -0.556. The van der Waals surface area contributed by atoms with Crippen molar-refractivity contribution in [2.75, 3.05) is 0 Å². The minimum atomic E-state index is -0.607. The molecular weight excluding hydrogens is 230 g/mol. The average molecular weight is 249 g/mol. The van der Waals surface area contributed by atoms with Gasteiger partial charge in [0.15, 0.2) is 0 Å². The van der Waals surface area contributed by atoms with Gasteiger partial charge in [0.2, 0.25) is 11.8 Å². The molecule has 0 spiro atoms. The third kappa shape index (κ3) is 1.41. The van der Waals surface area contributed by atoms with Crippen molar-refractivity contribution in [2.24, 2.45) is 11.3 Å². The van der Waals surface area contributed by atoms with Crippen LogP contribution in [-0.4, -0.2) is 24.0 Å². The molecule has 4 heteroatoms. The minimum absolute atomic E-state index is 0.120. The van der Waals surface area contributed by atoms with Crippen LogP contribution in [0.5, 0.6) is 0 Å². The van der Waals surface area contributed by atoms with Crippen molar-refractivity contribution in [3.63, 3.8) is 0 Å². The Morgan fingerprint density at radius 2 is 2.11 bits per heavy atom. The predicted molar refractivity (Wildman–Crippen MR) is 65.6 cm³/mol. The Morgan fingerprint density at radius 3 is 2.89 bits per heavy atom. The smallest absolute Gasteiger partial charge is 0.236 e. The molecular formula is C14H19NO3. The molecule has 2 saturated heterocycles. The summed E-state index contributed by atoms with van der Waals surface area (Å²) < 4.78 is 5.75. The summed E-state index contributed by atoms with van der Waals surface area (Å²) in [6, 6.07) is 0. The van der Waals surface area contributed by atoms with E-state index in [0.29, 0.717) is 0 Å². The Kier molecular flexibility index (Phi) is 2.77. The van der Waals surface area contributed by atoms with Crippen molar-refractivity contribution in [1.29, 1.82) is 0 Å². The van der Waals surface area contributed by atoms with Crippen molar-refractivity contribution >= 4 is 11.8 Å². The largest absolute Gasteiger partial charge is 0.365 e. The normalized spacial score (nSPS) is 40.4. The quantitative estimate of drug-likeness (QED) is 0.457. The highest BCUT2D eigenvalue weighted by molar-refractivity contribution is 6.09. The fraction of sp³-hybridized carbons (Fsp3) is 0.714. The van der Waals surface area contributed by atoms with Gasteiger partial charge in [-0.2, -0.15) is 0 Å². The number of imide groups is 1. The van der Waals surface area contributed by atoms with Crippen molar-refractivity contribution < 1.29 is 14.3 Å². The second-order valence-corrected chi connectivity index (χ2v) is 5.55. The van der Waals surface area contributed by atoms with Gasteiger partial charge in [-0.05, 0) is 6.42 Å². The van der Waals surface area contributed by atoms with Crippen LogP contribution in [0.2, 0.25) is 0 Å². The van der Waals surface area contributed by atoms with Crippen molar-refractivity contribution in [1.82, 2.24) is 5.32 Å². The Labute approximate surface area is 107 Å². The first-order valence-electron chi connectivity index (χ1n) is 6.89. The summed E-state index contributed by atoms with van der Waals surface area (Å²) in [4.78, 5) is 24.1. The van der Waals surface area contributed by atoms with Crippen LogP contribution in [0.3, 0.4) is 0 Å². The van der Waals surface area contributed by atoms with Gasteiger partial charge in [-0.25, -0.2) is 0 Å². The number of nitrogens with one attached hydrogen (secondary N) is 1. The van der Waals surface area contributed by atoms with E-state index in [9.17, 15) is 9.59 Å². The molecule has 3 rings (SSSR count). The number of carbonyl (C=O) groups is 2. The lowest BCUT2D eigenvalue weighted by molar-refractivity contribution is -0.131. The zero-order valence-corrected chi connectivity index (χ0v) is 10.6. The molecule has 4 nitrogen and oxygen atoms in total. The molecule has 2 fully saturated rings. The lowest BCUT2D eigenvalue weighted by Crippen LogP contribution is -2.42. The molecule has 2 bridgehead atoms. The molecule has 3 aliphatic heterocycles. The van der Waals surface area contributed by atoms with E-state index >= 15 is 0 Å². The van der Waals surface area contributed by atoms with Crippen LogP contribution in [0.4, 0.5) is 0 Å². The molecule has 98 valence electrons. The molecule has 4 atom stereocenters. The molecule has 2 amide bonds. The van der Waals surface area contributed by atoms with Crippen LogP contribution in [0.1, 0.15) is 39.0 Å². The van der Waals surface area contributed by atoms with Crippen LogP contribution in [0, 0.1) is 11.3 Å². The van der Waals surface area contributed by atoms with Gasteiger partial charge >= 0.3 is 0 Å². The number of hydrogen-bond donors (Lipinski definition) is 1. The lowest BCUT2D eigenvalue weighted by Gasteiger charge is -2.29. The third-order valence-corrected chi connectivity index (χ3v) is 4.56. The van der Waals surface area contributed by atoms with E-state index in [2.05, 4.69) is 12.2 Å². The van der Waals surface area contributed by atoms with E-state index in [1.54, 1.807) is 0 Å². The topological polar surface area (TPSA) is 55.4 Å². The van der Waals surface area contributed by atoms with Gasteiger partial charge in [-0.3, -0.25) is 14.9 Å². The lowest BCUT2D eigenvalue weighted by atomic mass is 9.67. The fourth-order valence-corrected chi connectivity index (χ4v) is 3.64. The first-order valence-corrected chi connectivity index (χ1v) is 6.89. The van der Waals surface area contributed by atoms with Gasteiger partial charge in [-0.1, -0.05) is 44.8 Å². The number of ether oxygens (including phenoxy) is 1. The molecule has 3 heterocycles. The molecule has 0 aromatic rings. The average Bonchev–Trinajstić information content (AvgIpc) is 2.98. The Hall–Kier alpha value is -1.16. The van der Waals surface area contributed by atoms with Crippen LogP contribution >= 0.6 is 0 Å². The number of hydrogen-bond acceptors (Lipinski definition) is 3. The molecule has 4 unspecified atom stereocenters. The second-order valence-electron chi connectivity index (χ2n) is 5.55. The summed E-state index contributed by atoms with van der Waals surface area (Å²) in [5, 5.41) is 2.50. The Morgan fingerprint density at radius 1 is 1.28 bits per heavy atom. The number of amides is 2. The second kappa shape index (κ2) is 4.19. The van der Waals surface area contributed by atoms with Crippen LogP contribution < -0.4 is 5.32 Å². The van der Waals surface area contributed by atoms with Gasteiger partial charge < -0.3 is 4.74 Å². The maximum absolute atomic E-state index is 12.2. The van der Waals surface area contributed by atoms with Gasteiger partial charge in [0.1, 0.15) is 0 Å². The molecule has 0 radical (unpaired) electrons. The summed E-state index contributed by atoms with van der Waals surface area (Å²) in [7, 11) is 0. The Balaban J connectivity index is 1.80. The first-order chi connectivity index (χ1) is 8.70. The van der Waals surface area contributed by atoms with E-state index in [0.717, 1.165) is 19.3 Å². The predicted octanol–water partition coefficient (Wildman–Crippen LogP) is 1.55. The van der Waals surface area contributed by atoms with Gasteiger partial charge in [0.05, 0.1) is 23.5 Å². The maximum Gasteiger partial charge on any atom is 0.236 e. The van der Waals surface area contributed by atoms with Crippen LogP contribution in [0.15, 0.2) is 12.2 Å². The van der Waals surface area contributed by atoms with E-state index in [1.807, 2.05) is 12.2 Å². The maximum atomic E-state index is 12.2. The summed E-state index contributed by atoms with van der Waals surface area (Å²) in [5.41, 5.74) is -0.607. The Bertz CT molecular complexity index is 417. The van der Waals surface area contributed by atoms with E-state index < -0.39 is 5.41 Å². The van der Waals surface area contributed by atoms with Gasteiger partial charge in [-0.15, -0.1) is 0 Å². The fourth-order valence-electron chi connectivity index (χ4n) is 3.64. The summed E-state index contributed by atoms with van der Waals surface area (Å²) in [6.07, 6.45) is 8.73. The zero-order valence-electron chi connectivity index (χ0n) is 10.6. The van der Waals surface area contributed by atoms with Crippen molar-refractivity contribution in [3.05, 3.63) is 12.2 Å². The van der Waals surface area contributed by atoms with Gasteiger partial charge in [0, 0.05) is 0 Å². The van der Waals surface area contributed by atoms with Crippen LogP contribution in [0.25, 0.3) is 0 Å². The van der Waals surface area contributed by atoms with E-state index in [1.165, 1.54) is 12.8 Å². The molecule has 1 N–H and O–H groups in total. The highest BCUT2D eigenvalue weighted by Gasteiger charge is 2.67. The molecule has 3 aliphatic rings.